The highest BCUT2D eigenvalue weighted by molar-refractivity contribution is 9.10. The third-order valence-corrected chi connectivity index (χ3v) is 3.74. The first kappa shape index (κ1) is 8.20. The fraction of sp³-hybridized carbons (Fsp3) is 0.111. The Morgan fingerprint density at radius 1 is 1.42 bits per heavy atom. The summed E-state index contributed by atoms with van der Waals surface area (Å²) in [5.74, 6) is -0.117. The van der Waals surface area contributed by atoms with Gasteiger partial charge < -0.3 is 0 Å². The van der Waals surface area contributed by atoms with Crippen molar-refractivity contribution in [3.05, 3.63) is 33.4 Å². The highest BCUT2D eigenvalue weighted by Gasteiger charge is 2.08. The summed E-state index contributed by atoms with van der Waals surface area (Å²) < 4.78 is 15.1. The Hall–Kier alpha value is -0.410. The SMILES string of the molecule is Cc1ccc(Br)c2scc(F)c12. The first-order valence-electron chi connectivity index (χ1n) is 3.52. The molecule has 0 atom stereocenters. The fourth-order valence-corrected chi connectivity index (χ4v) is 2.74. The maximum atomic E-state index is 13.2. The minimum absolute atomic E-state index is 0.117. The monoisotopic (exact) mass is 244 g/mol. The average Bonchev–Trinajstić information content (AvgIpc) is 2.42. The maximum absolute atomic E-state index is 13.2. The Morgan fingerprint density at radius 3 is 2.83 bits per heavy atom. The van der Waals surface area contributed by atoms with Crippen molar-refractivity contribution in [2.24, 2.45) is 0 Å². The smallest absolute Gasteiger partial charge is 0.142 e. The molecule has 0 N–H and O–H groups in total. The van der Waals surface area contributed by atoms with Crippen LogP contribution in [0.25, 0.3) is 10.1 Å². The van der Waals surface area contributed by atoms with Gasteiger partial charge in [-0.25, -0.2) is 4.39 Å². The molecule has 0 radical (unpaired) electrons. The second-order valence-corrected chi connectivity index (χ2v) is 4.39. The summed E-state index contributed by atoms with van der Waals surface area (Å²) in [5.41, 5.74) is 0.993. The van der Waals surface area contributed by atoms with E-state index in [9.17, 15) is 4.39 Å². The van der Waals surface area contributed by atoms with Gasteiger partial charge in [0.2, 0.25) is 0 Å². The first-order chi connectivity index (χ1) is 5.70. The van der Waals surface area contributed by atoms with E-state index in [1.165, 1.54) is 11.3 Å². The van der Waals surface area contributed by atoms with Crippen molar-refractivity contribution in [3.8, 4) is 0 Å². The van der Waals surface area contributed by atoms with Gasteiger partial charge in [-0.2, -0.15) is 0 Å². The minimum atomic E-state index is -0.117. The molecule has 0 bridgehead atoms. The Kier molecular flexibility index (Phi) is 1.93. The largest absolute Gasteiger partial charge is 0.205 e. The quantitative estimate of drug-likeness (QED) is 0.655. The van der Waals surface area contributed by atoms with E-state index in [0.29, 0.717) is 0 Å². The van der Waals surface area contributed by atoms with Crippen molar-refractivity contribution in [2.75, 3.05) is 0 Å². The van der Waals surface area contributed by atoms with Crippen molar-refractivity contribution in [1.29, 1.82) is 0 Å². The van der Waals surface area contributed by atoms with Crippen LogP contribution in [0.2, 0.25) is 0 Å². The highest BCUT2D eigenvalue weighted by Crippen LogP contribution is 2.33. The second kappa shape index (κ2) is 2.82. The number of fused-ring (bicyclic) bond motifs is 1. The van der Waals surface area contributed by atoms with Gasteiger partial charge in [0.05, 0.1) is 4.70 Å². The predicted molar refractivity (Wildman–Crippen MR) is 54.2 cm³/mol. The molecule has 0 amide bonds. The molecular weight excluding hydrogens is 239 g/mol. The van der Waals surface area contributed by atoms with E-state index in [0.717, 1.165) is 20.1 Å². The lowest BCUT2D eigenvalue weighted by atomic mass is 10.1. The highest BCUT2D eigenvalue weighted by atomic mass is 79.9. The summed E-state index contributed by atoms with van der Waals surface area (Å²) >= 11 is 4.82. The zero-order valence-electron chi connectivity index (χ0n) is 6.40. The fourth-order valence-electron chi connectivity index (χ4n) is 1.24. The molecule has 0 unspecified atom stereocenters. The van der Waals surface area contributed by atoms with Crippen LogP contribution < -0.4 is 0 Å². The van der Waals surface area contributed by atoms with Crippen LogP contribution >= 0.6 is 27.3 Å². The van der Waals surface area contributed by atoms with E-state index in [1.807, 2.05) is 19.1 Å². The van der Waals surface area contributed by atoms with E-state index < -0.39 is 0 Å². The summed E-state index contributed by atoms with van der Waals surface area (Å²) in [6.45, 7) is 1.92. The zero-order valence-corrected chi connectivity index (χ0v) is 8.80. The van der Waals surface area contributed by atoms with Gasteiger partial charge in [-0.15, -0.1) is 11.3 Å². The predicted octanol–water partition coefficient (Wildman–Crippen LogP) is 4.11. The van der Waals surface area contributed by atoms with Crippen LogP contribution in [0.5, 0.6) is 0 Å². The molecule has 0 spiro atoms. The van der Waals surface area contributed by atoms with Gasteiger partial charge in [-0.3, -0.25) is 0 Å². The standard InChI is InChI=1S/C9H6BrFS/c1-5-2-3-6(10)9-8(5)7(11)4-12-9/h2-4H,1H3. The number of aryl methyl sites for hydroxylation is 1. The van der Waals surface area contributed by atoms with E-state index >= 15 is 0 Å². The molecule has 0 saturated heterocycles. The van der Waals surface area contributed by atoms with Crippen molar-refractivity contribution in [2.45, 2.75) is 6.92 Å². The lowest BCUT2D eigenvalue weighted by molar-refractivity contribution is 0.643. The molecule has 0 saturated carbocycles. The lowest BCUT2D eigenvalue weighted by Gasteiger charge is -1.97. The van der Waals surface area contributed by atoms with Gasteiger partial charge in [0.25, 0.3) is 0 Å². The summed E-state index contributed by atoms with van der Waals surface area (Å²) in [6.07, 6.45) is 0. The Labute approximate surface area is 82.2 Å². The van der Waals surface area contributed by atoms with Crippen LogP contribution in [-0.2, 0) is 0 Å². The molecule has 3 heteroatoms. The Balaban J connectivity index is 2.98. The summed E-state index contributed by atoms with van der Waals surface area (Å²) in [4.78, 5) is 0. The van der Waals surface area contributed by atoms with Crippen LogP contribution in [0.3, 0.4) is 0 Å². The number of halogens is 2. The number of hydrogen-bond donors (Lipinski definition) is 0. The van der Waals surface area contributed by atoms with Gasteiger partial charge in [0.15, 0.2) is 0 Å². The minimum Gasteiger partial charge on any atom is -0.205 e. The molecular formula is C9H6BrFS. The van der Waals surface area contributed by atoms with Crippen molar-refractivity contribution in [1.82, 2.24) is 0 Å². The molecule has 1 heterocycles. The summed E-state index contributed by atoms with van der Waals surface area (Å²) in [5, 5.41) is 2.29. The molecule has 2 aromatic rings. The topological polar surface area (TPSA) is 0 Å². The average molecular weight is 245 g/mol. The molecule has 0 aliphatic carbocycles. The lowest BCUT2D eigenvalue weighted by Crippen LogP contribution is -1.76. The van der Waals surface area contributed by atoms with Gasteiger partial charge >= 0.3 is 0 Å². The molecule has 62 valence electrons. The van der Waals surface area contributed by atoms with E-state index in [-0.39, 0.29) is 5.82 Å². The number of benzene rings is 1. The molecule has 0 nitrogen and oxygen atoms in total. The van der Waals surface area contributed by atoms with E-state index in [4.69, 9.17) is 0 Å². The molecule has 0 aliphatic rings. The molecule has 12 heavy (non-hydrogen) atoms. The number of hydrogen-bond acceptors (Lipinski definition) is 1. The molecule has 1 aromatic carbocycles. The second-order valence-electron chi connectivity index (χ2n) is 2.65. The van der Waals surface area contributed by atoms with Gasteiger partial charge in [0, 0.05) is 15.2 Å². The number of thiophene rings is 1. The number of rotatable bonds is 0. The van der Waals surface area contributed by atoms with Crippen molar-refractivity contribution < 1.29 is 4.39 Å². The van der Waals surface area contributed by atoms with E-state index in [2.05, 4.69) is 15.9 Å². The Morgan fingerprint density at radius 2 is 2.17 bits per heavy atom. The Bertz CT molecular complexity index is 433. The van der Waals surface area contributed by atoms with Crippen LogP contribution in [0.15, 0.2) is 22.0 Å². The molecule has 1 aromatic heterocycles. The first-order valence-corrected chi connectivity index (χ1v) is 5.19. The van der Waals surface area contributed by atoms with Gasteiger partial charge in [-0.05, 0) is 34.5 Å². The summed E-state index contributed by atoms with van der Waals surface area (Å²) in [6, 6.07) is 3.87. The van der Waals surface area contributed by atoms with Gasteiger partial charge in [-0.1, -0.05) is 6.07 Å². The third kappa shape index (κ3) is 1.08. The normalized spacial score (nSPS) is 10.9. The van der Waals surface area contributed by atoms with Crippen LogP contribution in [0.1, 0.15) is 5.56 Å². The molecule has 2 rings (SSSR count). The molecule has 0 aliphatic heterocycles. The van der Waals surface area contributed by atoms with Gasteiger partial charge in [0.1, 0.15) is 5.82 Å². The van der Waals surface area contributed by atoms with Crippen LogP contribution in [-0.4, -0.2) is 0 Å². The van der Waals surface area contributed by atoms with Crippen molar-refractivity contribution >= 4 is 37.4 Å². The zero-order chi connectivity index (χ0) is 8.72. The van der Waals surface area contributed by atoms with Crippen LogP contribution in [0, 0.1) is 12.7 Å². The maximum Gasteiger partial charge on any atom is 0.142 e. The molecule has 0 fully saturated rings. The van der Waals surface area contributed by atoms with E-state index in [1.54, 1.807) is 5.38 Å². The third-order valence-electron chi connectivity index (χ3n) is 1.84. The van der Waals surface area contributed by atoms with Crippen molar-refractivity contribution in [3.63, 3.8) is 0 Å². The summed E-state index contributed by atoms with van der Waals surface area (Å²) in [7, 11) is 0. The van der Waals surface area contributed by atoms with Crippen LogP contribution in [0.4, 0.5) is 4.39 Å².